The Morgan fingerprint density at radius 3 is 2.50 bits per heavy atom. The highest BCUT2D eigenvalue weighted by Crippen LogP contribution is 2.32. The van der Waals surface area contributed by atoms with E-state index < -0.39 is 0 Å². The molecule has 0 aliphatic heterocycles. The fourth-order valence-electron chi connectivity index (χ4n) is 1.68. The maximum Gasteiger partial charge on any atom is 0.0843 e. The van der Waals surface area contributed by atoms with Crippen LogP contribution in [-0.2, 0) is 6.54 Å². The van der Waals surface area contributed by atoms with E-state index >= 15 is 0 Å². The number of hydrogen-bond donors (Lipinski definition) is 2. The molecule has 2 nitrogen and oxygen atoms in total. The molecule has 1 aromatic heterocycles. The summed E-state index contributed by atoms with van der Waals surface area (Å²) in [6, 6.07) is 12.1. The lowest BCUT2D eigenvalue weighted by atomic mass is 10.1. The minimum absolute atomic E-state index is 0.0224. The van der Waals surface area contributed by atoms with Crippen LogP contribution in [0.3, 0.4) is 0 Å². The predicted molar refractivity (Wildman–Crippen MR) is 82.8 cm³/mol. The van der Waals surface area contributed by atoms with Gasteiger partial charge in [-0.25, -0.2) is 0 Å². The standard InChI is InChI=1S/C13H13Br2NOS/c14-11-6-10(18-13(11)15)7-16-12(8-17)9-4-2-1-3-5-9/h1-6,12,16-17H,7-8H2/t12-/m0/s1. The molecule has 96 valence electrons. The van der Waals surface area contributed by atoms with Crippen LogP contribution in [0.25, 0.3) is 0 Å². The fourth-order valence-corrected chi connectivity index (χ4v) is 3.80. The van der Waals surface area contributed by atoms with Gasteiger partial charge in [0.05, 0.1) is 16.4 Å². The molecule has 0 saturated carbocycles. The monoisotopic (exact) mass is 389 g/mol. The SMILES string of the molecule is OC[C@H](NCc1cc(Br)c(Br)s1)c1ccccc1. The first-order chi connectivity index (χ1) is 8.70. The van der Waals surface area contributed by atoms with Crippen molar-refractivity contribution in [3.8, 4) is 0 Å². The van der Waals surface area contributed by atoms with Gasteiger partial charge in [-0.05, 0) is 43.5 Å². The van der Waals surface area contributed by atoms with E-state index in [9.17, 15) is 5.11 Å². The van der Waals surface area contributed by atoms with Crippen LogP contribution in [0.5, 0.6) is 0 Å². The van der Waals surface area contributed by atoms with Crippen LogP contribution in [-0.4, -0.2) is 11.7 Å². The zero-order valence-electron chi connectivity index (χ0n) is 9.57. The molecule has 0 unspecified atom stereocenters. The summed E-state index contributed by atoms with van der Waals surface area (Å²) in [5.74, 6) is 0. The lowest BCUT2D eigenvalue weighted by Gasteiger charge is -2.15. The highest BCUT2D eigenvalue weighted by atomic mass is 79.9. The van der Waals surface area contributed by atoms with E-state index in [0.717, 1.165) is 20.4 Å². The second kappa shape index (κ2) is 6.82. The number of aliphatic hydroxyl groups excluding tert-OH is 1. The van der Waals surface area contributed by atoms with E-state index in [1.165, 1.54) is 4.88 Å². The van der Waals surface area contributed by atoms with E-state index in [0.29, 0.717) is 0 Å². The Morgan fingerprint density at radius 1 is 1.22 bits per heavy atom. The Kier molecular flexibility index (Phi) is 5.38. The summed E-state index contributed by atoms with van der Waals surface area (Å²) in [7, 11) is 0. The Hall–Kier alpha value is -0.200. The summed E-state index contributed by atoms with van der Waals surface area (Å²) in [4.78, 5) is 1.23. The predicted octanol–water partition coefficient (Wildman–Crippen LogP) is 4.10. The van der Waals surface area contributed by atoms with Gasteiger partial charge >= 0.3 is 0 Å². The van der Waals surface area contributed by atoms with E-state index in [1.54, 1.807) is 11.3 Å². The Bertz CT molecular complexity index is 481. The summed E-state index contributed by atoms with van der Waals surface area (Å²) in [5, 5.41) is 12.8. The lowest BCUT2D eigenvalue weighted by Crippen LogP contribution is -2.23. The average Bonchev–Trinajstić information content (AvgIpc) is 2.71. The second-order valence-corrected chi connectivity index (χ2v) is 7.17. The quantitative estimate of drug-likeness (QED) is 0.805. The molecule has 0 fully saturated rings. The summed E-state index contributed by atoms with van der Waals surface area (Å²) in [6.45, 7) is 0.840. The van der Waals surface area contributed by atoms with Gasteiger partial charge in [0.1, 0.15) is 0 Å². The van der Waals surface area contributed by atoms with Crippen LogP contribution >= 0.6 is 43.2 Å². The third-order valence-electron chi connectivity index (χ3n) is 2.60. The largest absolute Gasteiger partial charge is 0.394 e. The first kappa shape index (κ1) is 14.2. The minimum atomic E-state index is -0.0224. The van der Waals surface area contributed by atoms with Crippen LogP contribution in [0.2, 0.25) is 0 Å². The van der Waals surface area contributed by atoms with Gasteiger partial charge in [-0.15, -0.1) is 11.3 Å². The van der Waals surface area contributed by atoms with Crippen LogP contribution in [0.4, 0.5) is 0 Å². The van der Waals surface area contributed by atoms with E-state index in [4.69, 9.17) is 0 Å². The number of aliphatic hydroxyl groups is 1. The zero-order chi connectivity index (χ0) is 13.0. The smallest absolute Gasteiger partial charge is 0.0843 e. The molecule has 0 radical (unpaired) electrons. The van der Waals surface area contributed by atoms with E-state index in [-0.39, 0.29) is 12.6 Å². The van der Waals surface area contributed by atoms with Crippen LogP contribution in [0, 0.1) is 0 Å². The van der Waals surface area contributed by atoms with Gasteiger partial charge in [0.15, 0.2) is 0 Å². The molecular formula is C13H13Br2NOS. The molecule has 0 saturated heterocycles. The minimum Gasteiger partial charge on any atom is -0.394 e. The number of benzene rings is 1. The Labute approximate surface area is 127 Å². The van der Waals surface area contributed by atoms with Gasteiger partial charge in [-0.3, -0.25) is 0 Å². The van der Waals surface area contributed by atoms with Crippen molar-refractivity contribution in [3.05, 3.63) is 55.1 Å². The lowest BCUT2D eigenvalue weighted by molar-refractivity contribution is 0.244. The third kappa shape index (κ3) is 3.65. The highest BCUT2D eigenvalue weighted by Gasteiger charge is 2.10. The van der Waals surface area contributed by atoms with Gasteiger partial charge in [-0.2, -0.15) is 0 Å². The first-order valence-electron chi connectivity index (χ1n) is 5.53. The molecule has 1 aromatic carbocycles. The van der Waals surface area contributed by atoms with Crippen LogP contribution in [0.1, 0.15) is 16.5 Å². The molecule has 0 aliphatic rings. The van der Waals surface area contributed by atoms with Crippen molar-refractivity contribution in [3.63, 3.8) is 0 Å². The highest BCUT2D eigenvalue weighted by molar-refractivity contribution is 9.13. The van der Waals surface area contributed by atoms with Crippen molar-refractivity contribution in [1.82, 2.24) is 5.32 Å². The molecule has 5 heteroatoms. The number of nitrogens with one attached hydrogen (secondary N) is 1. The first-order valence-corrected chi connectivity index (χ1v) is 7.94. The summed E-state index contributed by atoms with van der Waals surface area (Å²) < 4.78 is 2.17. The molecule has 1 atom stereocenters. The van der Waals surface area contributed by atoms with Crippen molar-refractivity contribution in [2.24, 2.45) is 0 Å². The molecule has 0 amide bonds. The molecule has 2 aromatic rings. The summed E-state index contributed by atoms with van der Waals surface area (Å²) in [5.41, 5.74) is 1.11. The van der Waals surface area contributed by atoms with Gasteiger partial charge in [0, 0.05) is 15.9 Å². The van der Waals surface area contributed by atoms with Crippen molar-refractivity contribution in [2.75, 3.05) is 6.61 Å². The summed E-state index contributed by atoms with van der Waals surface area (Å²) in [6.07, 6.45) is 0. The maximum atomic E-state index is 9.44. The van der Waals surface area contributed by atoms with Crippen molar-refractivity contribution >= 4 is 43.2 Å². The molecular weight excluding hydrogens is 378 g/mol. The molecule has 0 aliphatic carbocycles. The number of rotatable bonds is 5. The molecule has 18 heavy (non-hydrogen) atoms. The third-order valence-corrected chi connectivity index (χ3v) is 5.86. The topological polar surface area (TPSA) is 32.3 Å². The van der Waals surface area contributed by atoms with Crippen molar-refractivity contribution < 1.29 is 5.11 Å². The number of thiophene rings is 1. The number of hydrogen-bond acceptors (Lipinski definition) is 3. The molecule has 0 spiro atoms. The second-order valence-electron chi connectivity index (χ2n) is 3.86. The van der Waals surface area contributed by atoms with Gasteiger partial charge in [-0.1, -0.05) is 30.3 Å². The molecule has 2 N–H and O–H groups in total. The molecule has 1 heterocycles. The van der Waals surface area contributed by atoms with E-state index in [2.05, 4.69) is 43.2 Å². The Balaban J connectivity index is 1.99. The molecule has 2 rings (SSSR count). The van der Waals surface area contributed by atoms with Crippen molar-refractivity contribution in [1.29, 1.82) is 0 Å². The maximum absolute atomic E-state index is 9.44. The fraction of sp³-hybridized carbons (Fsp3) is 0.231. The van der Waals surface area contributed by atoms with Gasteiger partial charge in [0.2, 0.25) is 0 Å². The zero-order valence-corrected chi connectivity index (χ0v) is 13.6. The normalized spacial score (nSPS) is 12.6. The van der Waals surface area contributed by atoms with E-state index in [1.807, 2.05) is 30.3 Å². The van der Waals surface area contributed by atoms with Crippen LogP contribution in [0.15, 0.2) is 44.7 Å². The van der Waals surface area contributed by atoms with Gasteiger partial charge in [0.25, 0.3) is 0 Å². The number of halogens is 2. The van der Waals surface area contributed by atoms with Gasteiger partial charge < -0.3 is 10.4 Å². The van der Waals surface area contributed by atoms with Crippen molar-refractivity contribution in [2.45, 2.75) is 12.6 Å². The summed E-state index contributed by atoms with van der Waals surface area (Å²) >= 11 is 8.64. The van der Waals surface area contributed by atoms with Crippen LogP contribution < -0.4 is 5.32 Å². The Morgan fingerprint density at radius 2 is 1.94 bits per heavy atom. The average molecular weight is 391 g/mol. The molecule has 0 bridgehead atoms.